The van der Waals surface area contributed by atoms with Crippen molar-refractivity contribution in [3.8, 4) is 45.8 Å². The fourth-order valence-electron chi connectivity index (χ4n) is 5.17. The van der Waals surface area contributed by atoms with E-state index < -0.39 is 90.3 Å². The molecule has 0 amide bonds. The molecular weight excluding hydrogens is 620 g/mol. The van der Waals surface area contributed by atoms with Gasteiger partial charge in [-0.2, -0.15) is 0 Å². The van der Waals surface area contributed by atoms with Crippen molar-refractivity contribution in [3.63, 3.8) is 0 Å². The van der Waals surface area contributed by atoms with Crippen LogP contribution in [-0.4, -0.2) is 128 Å². The minimum Gasteiger partial charge on any atom is -0.507 e. The first-order valence-electron chi connectivity index (χ1n) is 13.9. The fraction of sp³-hybridized carbons (Fsp3) is 0.483. The predicted octanol–water partition coefficient (Wildman–Crippen LogP) is -1.73. The molecule has 17 nitrogen and oxygen atoms in total. The van der Waals surface area contributed by atoms with Gasteiger partial charge in [0.05, 0.1) is 26.9 Å². The van der Waals surface area contributed by atoms with Gasteiger partial charge in [0, 0.05) is 17.7 Å². The number of phenolic OH excluding ortho intramolecular Hbond substituents is 2. The van der Waals surface area contributed by atoms with Crippen LogP contribution in [0.15, 0.2) is 33.5 Å². The maximum Gasteiger partial charge on any atom is 0.239 e. The van der Waals surface area contributed by atoms with Crippen LogP contribution in [0.25, 0.3) is 22.3 Å². The van der Waals surface area contributed by atoms with Crippen LogP contribution in [0.3, 0.4) is 0 Å². The minimum absolute atomic E-state index is 0.0270. The lowest BCUT2D eigenvalue weighted by Gasteiger charge is -2.39. The summed E-state index contributed by atoms with van der Waals surface area (Å²) in [5, 5.41) is 91.9. The van der Waals surface area contributed by atoms with Crippen molar-refractivity contribution in [3.05, 3.63) is 34.5 Å². The van der Waals surface area contributed by atoms with Crippen molar-refractivity contribution < 1.29 is 78.8 Å². The molecule has 10 atom stereocenters. The Hall–Kier alpha value is -3.91. The van der Waals surface area contributed by atoms with E-state index in [0.29, 0.717) is 0 Å². The molecule has 2 fully saturated rings. The van der Waals surface area contributed by atoms with Crippen LogP contribution in [-0.2, 0) is 9.47 Å². The second kappa shape index (κ2) is 13.1. The molecule has 3 heterocycles. The third-order valence-electron chi connectivity index (χ3n) is 7.79. The van der Waals surface area contributed by atoms with Crippen LogP contribution in [0.5, 0.6) is 34.5 Å². The SMILES string of the molecule is COc1cc(-c2oc3cc(OC4OC(CO)C(O)C(O)C4O)cc(O)c3c(=O)c2OC2OC(C)C(O)C(O)C2O)cc(OC)c1O. The van der Waals surface area contributed by atoms with E-state index in [1.165, 1.54) is 33.3 Å². The fourth-order valence-corrected chi connectivity index (χ4v) is 5.17. The standard InChI is InChI=1S/C29H34O17/c1-9-18(32)22(36)24(38)28(42-9)46-27-21(35)17-12(31)6-11(43-29-25(39)23(37)20(34)16(8-30)45-29)7-13(17)44-26(27)10-4-14(40-2)19(33)15(5-10)41-3/h4-7,9,16,18,20,22-25,28-34,36-39H,8H2,1-3H3. The largest absolute Gasteiger partial charge is 0.507 e. The van der Waals surface area contributed by atoms with E-state index in [1.807, 2.05) is 0 Å². The summed E-state index contributed by atoms with van der Waals surface area (Å²) in [6, 6.07) is 4.63. The van der Waals surface area contributed by atoms with Crippen LogP contribution in [0.1, 0.15) is 6.92 Å². The van der Waals surface area contributed by atoms with E-state index >= 15 is 0 Å². The van der Waals surface area contributed by atoms with Gasteiger partial charge in [-0.1, -0.05) is 0 Å². The van der Waals surface area contributed by atoms with Gasteiger partial charge < -0.3 is 78.8 Å². The second-order valence-corrected chi connectivity index (χ2v) is 10.7. The molecule has 2 aliphatic rings. The van der Waals surface area contributed by atoms with Gasteiger partial charge in [-0.3, -0.25) is 4.79 Å². The topological polar surface area (TPSA) is 268 Å². The molecule has 0 saturated carbocycles. The van der Waals surface area contributed by atoms with Crippen molar-refractivity contribution in [1.29, 1.82) is 0 Å². The summed E-state index contributed by atoms with van der Waals surface area (Å²) in [5.41, 5.74) is -1.28. The first-order valence-corrected chi connectivity index (χ1v) is 13.9. The number of aromatic hydroxyl groups is 2. The van der Waals surface area contributed by atoms with Crippen molar-refractivity contribution in [2.24, 2.45) is 0 Å². The molecule has 0 bridgehead atoms. The average molecular weight is 655 g/mol. The normalized spacial score (nSPS) is 31.4. The third-order valence-corrected chi connectivity index (χ3v) is 7.79. The van der Waals surface area contributed by atoms with E-state index in [9.17, 15) is 50.8 Å². The Bertz CT molecular complexity index is 1600. The Morgan fingerprint density at radius 2 is 1.35 bits per heavy atom. The molecule has 10 unspecified atom stereocenters. The van der Waals surface area contributed by atoms with Crippen molar-refractivity contribution in [2.75, 3.05) is 20.8 Å². The van der Waals surface area contributed by atoms with E-state index in [-0.39, 0.29) is 39.9 Å². The number of fused-ring (bicyclic) bond motifs is 1. The number of aliphatic hydroxyl groups excluding tert-OH is 7. The van der Waals surface area contributed by atoms with Gasteiger partial charge in [0.2, 0.25) is 29.5 Å². The Labute approximate surface area is 259 Å². The monoisotopic (exact) mass is 654 g/mol. The van der Waals surface area contributed by atoms with Gasteiger partial charge in [0.1, 0.15) is 65.2 Å². The Morgan fingerprint density at radius 1 is 0.761 bits per heavy atom. The summed E-state index contributed by atoms with van der Waals surface area (Å²) < 4.78 is 38.7. The molecule has 2 aliphatic heterocycles. The molecule has 0 aliphatic carbocycles. The molecule has 5 rings (SSSR count). The lowest BCUT2D eigenvalue weighted by molar-refractivity contribution is -0.277. The van der Waals surface area contributed by atoms with Gasteiger partial charge in [-0.15, -0.1) is 0 Å². The van der Waals surface area contributed by atoms with Crippen LogP contribution < -0.4 is 24.4 Å². The van der Waals surface area contributed by atoms with Gasteiger partial charge in [0.25, 0.3) is 0 Å². The number of rotatable bonds is 8. The highest BCUT2D eigenvalue weighted by atomic mass is 16.7. The van der Waals surface area contributed by atoms with Crippen LogP contribution >= 0.6 is 0 Å². The number of hydrogen-bond donors (Lipinski definition) is 9. The van der Waals surface area contributed by atoms with Crippen LogP contribution in [0.2, 0.25) is 0 Å². The summed E-state index contributed by atoms with van der Waals surface area (Å²) in [5.74, 6) is -2.53. The summed E-state index contributed by atoms with van der Waals surface area (Å²) >= 11 is 0. The van der Waals surface area contributed by atoms with Gasteiger partial charge in [0.15, 0.2) is 17.3 Å². The van der Waals surface area contributed by atoms with E-state index in [2.05, 4.69) is 0 Å². The van der Waals surface area contributed by atoms with Crippen molar-refractivity contribution in [2.45, 2.75) is 68.3 Å². The Kier molecular flexibility index (Phi) is 9.50. The van der Waals surface area contributed by atoms with E-state index in [0.717, 1.165) is 12.1 Å². The number of methoxy groups -OCH3 is 2. The lowest BCUT2D eigenvalue weighted by atomic mass is 9.99. The van der Waals surface area contributed by atoms with E-state index in [1.54, 1.807) is 0 Å². The Balaban J connectivity index is 1.65. The van der Waals surface area contributed by atoms with Crippen molar-refractivity contribution in [1.82, 2.24) is 0 Å². The smallest absolute Gasteiger partial charge is 0.239 e. The molecule has 0 spiro atoms. The summed E-state index contributed by atoms with van der Waals surface area (Å²) in [6.07, 6.45) is -15.9. The van der Waals surface area contributed by atoms with E-state index in [4.69, 9.17) is 32.8 Å². The molecule has 252 valence electrons. The van der Waals surface area contributed by atoms with Crippen LogP contribution in [0.4, 0.5) is 0 Å². The molecule has 3 aromatic rings. The molecule has 2 saturated heterocycles. The molecule has 9 N–H and O–H groups in total. The Morgan fingerprint density at radius 3 is 1.93 bits per heavy atom. The molecule has 2 aromatic carbocycles. The second-order valence-electron chi connectivity index (χ2n) is 10.7. The summed E-state index contributed by atoms with van der Waals surface area (Å²) in [7, 11) is 2.51. The number of benzene rings is 2. The maximum absolute atomic E-state index is 13.9. The zero-order valence-electron chi connectivity index (χ0n) is 24.6. The van der Waals surface area contributed by atoms with Crippen molar-refractivity contribution >= 4 is 11.0 Å². The quantitative estimate of drug-likeness (QED) is 0.131. The van der Waals surface area contributed by atoms with Gasteiger partial charge in [-0.25, -0.2) is 0 Å². The molecule has 0 radical (unpaired) electrons. The predicted molar refractivity (Wildman–Crippen MR) is 152 cm³/mol. The summed E-state index contributed by atoms with van der Waals surface area (Å²) in [6.45, 7) is 0.681. The minimum atomic E-state index is -1.83. The zero-order valence-corrected chi connectivity index (χ0v) is 24.6. The van der Waals surface area contributed by atoms with Gasteiger partial charge >= 0.3 is 0 Å². The zero-order chi connectivity index (χ0) is 33.6. The first-order chi connectivity index (χ1) is 21.8. The average Bonchev–Trinajstić information content (AvgIpc) is 3.03. The maximum atomic E-state index is 13.9. The third kappa shape index (κ3) is 5.88. The van der Waals surface area contributed by atoms with Gasteiger partial charge in [-0.05, 0) is 19.1 Å². The molecular formula is C29H34O17. The van der Waals surface area contributed by atoms with Crippen LogP contribution in [0, 0.1) is 0 Å². The number of aliphatic hydroxyl groups is 7. The molecule has 46 heavy (non-hydrogen) atoms. The molecule has 17 heteroatoms. The highest BCUT2D eigenvalue weighted by Crippen LogP contribution is 2.44. The highest BCUT2D eigenvalue weighted by molar-refractivity contribution is 5.88. The number of hydrogen-bond acceptors (Lipinski definition) is 17. The highest BCUT2D eigenvalue weighted by Gasteiger charge is 2.46. The number of phenols is 2. The lowest BCUT2D eigenvalue weighted by Crippen LogP contribution is -2.60. The summed E-state index contributed by atoms with van der Waals surface area (Å²) in [4.78, 5) is 13.9. The number of ether oxygens (including phenoxy) is 6. The first kappa shape index (κ1) is 33.5. The molecule has 1 aromatic heterocycles.